The van der Waals surface area contributed by atoms with Gasteiger partial charge in [0.2, 0.25) is 0 Å². The van der Waals surface area contributed by atoms with Crippen molar-refractivity contribution in [1.29, 1.82) is 0 Å². The molecule has 0 aliphatic carbocycles. The maximum absolute atomic E-state index is 13.4. The maximum atomic E-state index is 13.4. The zero-order chi connectivity index (χ0) is 30.0. The van der Waals surface area contributed by atoms with E-state index in [0.29, 0.717) is 33.3 Å². The van der Waals surface area contributed by atoms with E-state index in [1.807, 2.05) is 46.8 Å². The summed E-state index contributed by atoms with van der Waals surface area (Å²) in [5.41, 5.74) is 6.68. The number of pyridine rings is 1. The number of esters is 2. The molecule has 214 valence electrons. The third kappa shape index (κ3) is 10.0. The van der Waals surface area contributed by atoms with Crippen LogP contribution in [0.1, 0.15) is 79.9 Å². The highest BCUT2D eigenvalue weighted by atomic mass is 35.5. The molecule has 3 aromatic rings. The van der Waals surface area contributed by atoms with Crippen LogP contribution in [-0.4, -0.2) is 37.3 Å². The molecular formula is C31H43ClN2O5. The minimum Gasteiger partial charge on any atom is -0.465 e. The van der Waals surface area contributed by atoms with Crippen LogP contribution in [0.5, 0.6) is 0 Å². The quantitative estimate of drug-likeness (QED) is 0.253. The molecule has 0 atom stereocenters. The topological polar surface area (TPSA) is 101 Å². The van der Waals surface area contributed by atoms with Gasteiger partial charge in [0.05, 0.1) is 26.3 Å². The number of halogens is 1. The lowest BCUT2D eigenvalue weighted by Crippen LogP contribution is -2.29. The normalized spacial score (nSPS) is 9.90. The summed E-state index contributed by atoms with van der Waals surface area (Å²) >= 11 is 6.18. The molecule has 8 heteroatoms. The Kier molecular flexibility index (Phi) is 17.9. The highest BCUT2D eigenvalue weighted by Crippen LogP contribution is 2.25. The van der Waals surface area contributed by atoms with Gasteiger partial charge in [-0.1, -0.05) is 70.5 Å². The Labute approximate surface area is 237 Å². The number of ether oxygens (including phenoxy) is 2. The zero-order valence-corrected chi connectivity index (χ0v) is 25.2. The van der Waals surface area contributed by atoms with Crippen LogP contribution in [-0.2, 0) is 22.4 Å². The van der Waals surface area contributed by atoms with Gasteiger partial charge in [0, 0.05) is 10.4 Å². The van der Waals surface area contributed by atoms with Crippen molar-refractivity contribution in [3.8, 4) is 0 Å². The summed E-state index contributed by atoms with van der Waals surface area (Å²) < 4.78 is 11.1. The van der Waals surface area contributed by atoms with E-state index in [-0.39, 0.29) is 17.8 Å². The van der Waals surface area contributed by atoms with E-state index in [1.165, 1.54) is 18.8 Å². The monoisotopic (exact) mass is 558 g/mol. The van der Waals surface area contributed by atoms with E-state index < -0.39 is 11.9 Å². The smallest absolute Gasteiger partial charge is 0.355 e. The number of aromatic nitrogens is 1. The lowest BCUT2D eigenvalue weighted by molar-refractivity contribution is 0.0582. The molecule has 2 aromatic carbocycles. The first-order valence-corrected chi connectivity index (χ1v) is 13.6. The summed E-state index contributed by atoms with van der Waals surface area (Å²) in [6.07, 6.45) is 5.31. The van der Waals surface area contributed by atoms with Gasteiger partial charge in [-0.3, -0.25) is 9.36 Å². The number of carbonyl (C=O) groups is 2. The molecule has 0 spiro atoms. The summed E-state index contributed by atoms with van der Waals surface area (Å²) in [6, 6.07) is 11.7. The van der Waals surface area contributed by atoms with Gasteiger partial charge in [-0.15, -0.1) is 0 Å². The third-order valence-corrected chi connectivity index (χ3v) is 5.51. The Hall–Kier alpha value is -3.42. The van der Waals surface area contributed by atoms with Crippen LogP contribution in [0, 0.1) is 0 Å². The second kappa shape index (κ2) is 19.6. The van der Waals surface area contributed by atoms with Crippen molar-refractivity contribution < 1.29 is 19.1 Å². The molecule has 0 aliphatic rings. The molecule has 0 unspecified atom stereocenters. The molecule has 2 N–H and O–H groups in total. The van der Waals surface area contributed by atoms with Gasteiger partial charge in [-0.05, 0) is 73.2 Å². The summed E-state index contributed by atoms with van der Waals surface area (Å²) in [4.78, 5) is 37.8. The van der Waals surface area contributed by atoms with Gasteiger partial charge in [-0.2, -0.15) is 0 Å². The highest BCUT2D eigenvalue weighted by molar-refractivity contribution is 6.31. The molecule has 7 nitrogen and oxygen atoms in total. The Morgan fingerprint density at radius 2 is 1.51 bits per heavy atom. The number of fused-ring (bicyclic) bond motifs is 1. The van der Waals surface area contributed by atoms with Gasteiger partial charge in [0.25, 0.3) is 5.56 Å². The summed E-state index contributed by atoms with van der Waals surface area (Å²) in [5.74, 6) is -1.06. The maximum Gasteiger partial charge on any atom is 0.355 e. The second-order valence-corrected chi connectivity index (χ2v) is 8.09. The molecule has 1 aromatic heterocycles. The number of rotatable bonds is 7. The minimum atomic E-state index is -0.607. The van der Waals surface area contributed by atoms with E-state index in [0.717, 1.165) is 18.5 Å². The number of allylic oxidation sites excluding steroid dienone is 2. The Bertz CT molecular complexity index is 1260. The van der Waals surface area contributed by atoms with Crippen LogP contribution in [0.15, 0.2) is 59.4 Å². The van der Waals surface area contributed by atoms with E-state index in [4.69, 9.17) is 26.8 Å². The molecular weight excluding hydrogens is 516 g/mol. The molecule has 0 saturated heterocycles. The fourth-order valence-electron chi connectivity index (χ4n) is 3.46. The van der Waals surface area contributed by atoms with Crippen molar-refractivity contribution in [3.63, 3.8) is 0 Å². The van der Waals surface area contributed by atoms with Crippen LogP contribution in [0.25, 0.3) is 10.8 Å². The van der Waals surface area contributed by atoms with Crippen molar-refractivity contribution in [2.24, 2.45) is 5.73 Å². The number of carbonyl (C=O) groups excluding carboxylic acids is 2. The standard InChI is InChI=1S/C24H22ClNO5.C3H9N.2C2H6/c1-4-5-6-18-20-13-17(25)11-12-19(20)22(27)26(21(18)24(29)31-3)14-15-7-9-16(10-8-15)23(28)30-2;1-2-3-4;2*1-2/h4-5,7-13H,6,14H2,1-3H3;2-4H2,1H3;2*1-2H3/b5-4-;;;. The number of methoxy groups -OCH3 is 2. The lowest BCUT2D eigenvalue weighted by atomic mass is 9.99. The average molecular weight is 559 g/mol. The van der Waals surface area contributed by atoms with Gasteiger partial charge in [0.1, 0.15) is 5.69 Å². The van der Waals surface area contributed by atoms with Crippen molar-refractivity contribution in [3.05, 3.63) is 92.4 Å². The molecule has 1 heterocycles. The average Bonchev–Trinajstić information content (AvgIpc) is 2.99. The number of benzene rings is 2. The predicted octanol–water partition coefficient (Wildman–Crippen LogP) is 6.80. The first-order chi connectivity index (χ1) is 18.8. The van der Waals surface area contributed by atoms with Crippen molar-refractivity contribution >= 4 is 34.3 Å². The first kappa shape index (κ1) is 35.6. The van der Waals surface area contributed by atoms with Crippen molar-refractivity contribution in [1.82, 2.24) is 4.57 Å². The SMILES string of the molecule is C/C=C\Cc1c(C(=O)OC)n(Cc2ccc(C(=O)OC)cc2)c(=O)c2ccc(Cl)cc12.CC.CC.CCCN. The summed E-state index contributed by atoms with van der Waals surface area (Å²) in [7, 11) is 2.59. The fraction of sp³-hybridized carbons (Fsp3) is 0.387. The lowest BCUT2D eigenvalue weighted by Gasteiger charge is -2.18. The summed E-state index contributed by atoms with van der Waals surface area (Å²) in [5, 5.41) is 1.55. The number of hydrogen-bond acceptors (Lipinski definition) is 6. The molecule has 0 bridgehead atoms. The molecule has 0 aliphatic heterocycles. The summed E-state index contributed by atoms with van der Waals surface area (Å²) in [6.45, 7) is 12.9. The largest absolute Gasteiger partial charge is 0.465 e. The van der Waals surface area contributed by atoms with Gasteiger partial charge >= 0.3 is 11.9 Å². The first-order valence-electron chi connectivity index (χ1n) is 13.2. The predicted molar refractivity (Wildman–Crippen MR) is 162 cm³/mol. The number of nitrogens with zero attached hydrogens (tertiary/aromatic N) is 1. The Morgan fingerprint density at radius 1 is 0.949 bits per heavy atom. The molecule has 0 fully saturated rings. The van der Waals surface area contributed by atoms with E-state index in [1.54, 1.807) is 42.5 Å². The van der Waals surface area contributed by atoms with E-state index in [9.17, 15) is 14.4 Å². The van der Waals surface area contributed by atoms with Gasteiger partial charge in [-0.25, -0.2) is 9.59 Å². The molecule has 0 amide bonds. The van der Waals surface area contributed by atoms with Gasteiger partial charge < -0.3 is 15.2 Å². The Balaban J connectivity index is 0.00000162. The van der Waals surface area contributed by atoms with Crippen LogP contribution in [0.2, 0.25) is 5.02 Å². The van der Waals surface area contributed by atoms with Gasteiger partial charge in [0.15, 0.2) is 0 Å². The molecule has 0 saturated carbocycles. The van der Waals surface area contributed by atoms with Crippen molar-refractivity contribution in [2.75, 3.05) is 20.8 Å². The Morgan fingerprint density at radius 3 is 2.00 bits per heavy atom. The van der Waals surface area contributed by atoms with Crippen LogP contribution in [0.4, 0.5) is 0 Å². The van der Waals surface area contributed by atoms with Crippen molar-refractivity contribution in [2.45, 2.75) is 60.9 Å². The van der Waals surface area contributed by atoms with E-state index >= 15 is 0 Å². The second-order valence-electron chi connectivity index (χ2n) is 7.65. The van der Waals surface area contributed by atoms with E-state index in [2.05, 4.69) is 6.92 Å². The highest BCUT2D eigenvalue weighted by Gasteiger charge is 2.22. The van der Waals surface area contributed by atoms with Crippen LogP contribution in [0.3, 0.4) is 0 Å². The number of hydrogen-bond donors (Lipinski definition) is 1. The van der Waals surface area contributed by atoms with Crippen LogP contribution >= 0.6 is 11.6 Å². The molecule has 39 heavy (non-hydrogen) atoms. The zero-order valence-electron chi connectivity index (χ0n) is 24.5. The minimum absolute atomic E-state index is 0.131. The third-order valence-electron chi connectivity index (χ3n) is 5.28. The molecule has 3 rings (SSSR count). The number of nitrogens with two attached hydrogens (primary N) is 1. The fourth-order valence-corrected chi connectivity index (χ4v) is 3.63. The van der Waals surface area contributed by atoms with Crippen LogP contribution < -0.4 is 11.3 Å². The molecule has 0 radical (unpaired) electrons.